The Morgan fingerprint density at radius 3 is 2.56 bits per heavy atom. The van der Waals surface area contributed by atoms with Crippen molar-refractivity contribution in [3.63, 3.8) is 0 Å². The van der Waals surface area contributed by atoms with Gasteiger partial charge < -0.3 is 0 Å². The molecule has 0 saturated heterocycles. The van der Waals surface area contributed by atoms with Crippen LogP contribution in [0, 0.1) is 6.92 Å². The molecule has 0 aliphatic rings. The van der Waals surface area contributed by atoms with Crippen LogP contribution in [0.3, 0.4) is 0 Å². The largest absolute Gasteiger partial charge is 0.271 e. The molecule has 18 heavy (non-hydrogen) atoms. The lowest BCUT2D eigenvalue weighted by Gasteiger charge is -2.16. The molecule has 0 saturated carbocycles. The second kappa shape index (κ2) is 6.87. The molecule has 0 amide bonds. The van der Waals surface area contributed by atoms with Gasteiger partial charge in [-0.15, -0.1) is 0 Å². The number of sulfone groups is 1. The lowest BCUT2D eigenvalue weighted by molar-refractivity contribution is 0.484. The normalized spacial score (nSPS) is 13.5. The molecule has 0 aliphatic carbocycles. The fourth-order valence-corrected chi connectivity index (χ4v) is 2.63. The zero-order chi connectivity index (χ0) is 13.6. The highest BCUT2D eigenvalue weighted by molar-refractivity contribution is 7.90. The van der Waals surface area contributed by atoms with E-state index in [0.29, 0.717) is 6.42 Å². The molecule has 1 aromatic rings. The molecule has 4 nitrogen and oxygen atoms in total. The minimum Gasteiger partial charge on any atom is -0.271 e. The molecule has 0 aromatic heterocycles. The van der Waals surface area contributed by atoms with Crippen LogP contribution in [0.25, 0.3) is 0 Å². The highest BCUT2D eigenvalue weighted by atomic mass is 32.2. The summed E-state index contributed by atoms with van der Waals surface area (Å²) in [5, 5.41) is 0. The van der Waals surface area contributed by atoms with Crippen molar-refractivity contribution in [2.24, 2.45) is 5.84 Å². The summed E-state index contributed by atoms with van der Waals surface area (Å²) in [4.78, 5) is 0. The van der Waals surface area contributed by atoms with Crippen LogP contribution < -0.4 is 11.3 Å². The SMILES string of the molecule is Cc1ccccc1CC(CCCS(C)(=O)=O)NN. The van der Waals surface area contributed by atoms with Crippen molar-refractivity contribution >= 4 is 9.84 Å². The zero-order valence-electron chi connectivity index (χ0n) is 11.0. The summed E-state index contributed by atoms with van der Waals surface area (Å²) in [6.45, 7) is 2.07. The van der Waals surface area contributed by atoms with Crippen LogP contribution in [0.2, 0.25) is 0 Å². The van der Waals surface area contributed by atoms with Crippen molar-refractivity contribution in [2.75, 3.05) is 12.0 Å². The summed E-state index contributed by atoms with van der Waals surface area (Å²) in [5.41, 5.74) is 5.26. The van der Waals surface area contributed by atoms with Crippen LogP contribution in [0.1, 0.15) is 24.0 Å². The van der Waals surface area contributed by atoms with Crippen LogP contribution in [0.15, 0.2) is 24.3 Å². The van der Waals surface area contributed by atoms with Crippen molar-refractivity contribution in [3.8, 4) is 0 Å². The number of aryl methyl sites for hydroxylation is 1. The van der Waals surface area contributed by atoms with Crippen LogP contribution in [-0.2, 0) is 16.3 Å². The lowest BCUT2D eigenvalue weighted by atomic mass is 9.99. The van der Waals surface area contributed by atoms with Crippen molar-refractivity contribution in [1.82, 2.24) is 5.43 Å². The Balaban J connectivity index is 2.50. The van der Waals surface area contributed by atoms with Crippen LogP contribution >= 0.6 is 0 Å². The van der Waals surface area contributed by atoms with Crippen molar-refractivity contribution in [1.29, 1.82) is 0 Å². The molecular formula is C13H22N2O2S. The van der Waals surface area contributed by atoms with Gasteiger partial charge in [0.2, 0.25) is 0 Å². The Morgan fingerprint density at radius 1 is 1.33 bits per heavy atom. The van der Waals surface area contributed by atoms with E-state index in [1.165, 1.54) is 17.4 Å². The predicted molar refractivity (Wildman–Crippen MR) is 74.9 cm³/mol. The smallest absolute Gasteiger partial charge is 0.147 e. The van der Waals surface area contributed by atoms with Gasteiger partial charge in [0, 0.05) is 18.1 Å². The maximum absolute atomic E-state index is 11.1. The maximum Gasteiger partial charge on any atom is 0.147 e. The minimum absolute atomic E-state index is 0.118. The first-order valence-corrected chi connectivity index (χ1v) is 8.17. The van der Waals surface area contributed by atoms with Gasteiger partial charge in [-0.25, -0.2) is 8.42 Å². The van der Waals surface area contributed by atoms with E-state index in [2.05, 4.69) is 24.5 Å². The van der Waals surface area contributed by atoms with E-state index in [0.717, 1.165) is 12.8 Å². The van der Waals surface area contributed by atoms with Gasteiger partial charge in [0.05, 0.1) is 0 Å². The van der Waals surface area contributed by atoms with Gasteiger partial charge in [-0.2, -0.15) is 0 Å². The van der Waals surface area contributed by atoms with Gasteiger partial charge in [-0.1, -0.05) is 24.3 Å². The van der Waals surface area contributed by atoms with Crippen LogP contribution in [-0.4, -0.2) is 26.5 Å². The van der Waals surface area contributed by atoms with Gasteiger partial charge >= 0.3 is 0 Å². The van der Waals surface area contributed by atoms with Crippen molar-refractivity contribution in [2.45, 2.75) is 32.2 Å². The fourth-order valence-electron chi connectivity index (χ4n) is 1.94. The zero-order valence-corrected chi connectivity index (χ0v) is 11.8. The van der Waals surface area contributed by atoms with Gasteiger partial charge in [-0.3, -0.25) is 11.3 Å². The molecule has 0 fully saturated rings. The number of rotatable bonds is 7. The second-order valence-corrected chi connectivity index (χ2v) is 7.03. The Labute approximate surface area is 109 Å². The first kappa shape index (κ1) is 15.1. The molecule has 1 unspecified atom stereocenters. The second-order valence-electron chi connectivity index (χ2n) is 4.77. The number of hydrogen-bond acceptors (Lipinski definition) is 4. The van der Waals surface area contributed by atoms with Crippen molar-refractivity contribution < 1.29 is 8.42 Å². The average Bonchev–Trinajstić information content (AvgIpc) is 2.29. The summed E-state index contributed by atoms with van der Waals surface area (Å²) >= 11 is 0. The van der Waals surface area contributed by atoms with Gasteiger partial charge in [0.15, 0.2) is 0 Å². The van der Waals surface area contributed by atoms with Gasteiger partial charge in [0.25, 0.3) is 0 Å². The topological polar surface area (TPSA) is 72.2 Å². The molecular weight excluding hydrogens is 248 g/mol. The molecule has 5 heteroatoms. The van der Waals surface area contributed by atoms with Gasteiger partial charge in [-0.05, 0) is 37.3 Å². The molecule has 0 bridgehead atoms. The Bertz CT molecular complexity index is 472. The summed E-state index contributed by atoms with van der Waals surface area (Å²) in [5.74, 6) is 5.74. The molecule has 1 rings (SSSR count). The van der Waals surface area contributed by atoms with Gasteiger partial charge in [0.1, 0.15) is 9.84 Å². The molecule has 1 atom stereocenters. The number of hydrazine groups is 1. The van der Waals surface area contributed by atoms with E-state index < -0.39 is 9.84 Å². The highest BCUT2D eigenvalue weighted by Crippen LogP contribution is 2.12. The van der Waals surface area contributed by atoms with E-state index in [1.54, 1.807) is 0 Å². The number of nitrogens with two attached hydrogens (primary N) is 1. The Hall–Kier alpha value is -0.910. The summed E-state index contributed by atoms with van der Waals surface area (Å²) in [6.07, 6.45) is 3.49. The van der Waals surface area contributed by atoms with Crippen molar-refractivity contribution in [3.05, 3.63) is 35.4 Å². The summed E-state index contributed by atoms with van der Waals surface area (Å²) in [7, 11) is -2.88. The Morgan fingerprint density at radius 2 is 2.00 bits per heavy atom. The fraction of sp³-hybridized carbons (Fsp3) is 0.538. The molecule has 0 heterocycles. The van der Waals surface area contributed by atoms with Crippen LogP contribution in [0.5, 0.6) is 0 Å². The van der Waals surface area contributed by atoms with E-state index in [4.69, 9.17) is 5.84 Å². The van der Waals surface area contributed by atoms with Crippen LogP contribution in [0.4, 0.5) is 0 Å². The number of benzene rings is 1. The Kier molecular flexibility index (Phi) is 5.78. The monoisotopic (exact) mass is 270 g/mol. The first-order chi connectivity index (χ1) is 8.42. The van der Waals surface area contributed by atoms with E-state index in [1.807, 2.05) is 12.1 Å². The molecule has 0 spiro atoms. The molecule has 102 valence electrons. The third-order valence-electron chi connectivity index (χ3n) is 3.03. The van der Waals surface area contributed by atoms with E-state index in [-0.39, 0.29) is 11.8 Å². The minimum atomic E-state index is -2.88. The highest BCUT2D eigenvalue weighted by Gasteiger charge is 2.10. The lowest BCUT2D eigenvalue weighted by Crippen LogP contribution is -2.37. The molecule has 1 aromatic carbocycles. The molecule has 0 aliphatic heterocycles. The molecule has 0 radical (unpaired) electrons. The number of nitrogens with one attached hydrogen (secondary N) is 1. The predicted octanol–water partition coefficient (Wildman–Crippen LogP) is 1.19. The van der Waals surface area contributed by atoms with E-state index in [9.17, 15) is 8.42 Å². The molecule has 3 N–H and O–H groups in total. The first-order valence-electron chi connectivity index (χ1n) is 6.11. The summed E-state index contributed by atoms with van der Waals surface area (Å²) < 4.78 is 22.1. The quantitative estimate of drug-likeness (QED) is 0.577. The third-order valence-corrected chi connectivity index (χ3v) is 4.06. The standard InChI is InChI=1S/C13H22N2O2S/c1-11-6-3-4-7-12(11)10-13(15-14)8-5-9-18(2,16)17/h3-4,6-7,13,15H,5,8-10,14H2,1-2H3. The van der Waals surface area contributed by atoms with E-state index >= 15 is 0 Å². The summed E-state index contributed by atoms with van der Waals surface area (Å²) in [6, 6.07) is 8.28. The maximum atomic E-state index is 11.1. The number of hydrogen-bond donors (Lipinski definition) is 2. The third kappa shape index (κ3) is 5.62. The average molecular weight is 270 g/mol.